The minimum absolute atomic E-state index is 0.129. The minimum atomic E-state index is -0.129. The molecule has 0 saturated carbocycles. The van der Waals surface area contributed by atoms with Crippen LogP contribution in [0.25, 0.3) is 10.9 Å². The van der Waals surface area contributed by atoms with Crippen molar-refractivity contribution < 1.29 is 0 Å². The molecule has 0 fully saturated rings. The van der Waals surface area contributed by atoms with E-state index in [2.05, 4.69) is 20.3 Å². The first-order valence-corrected chi connectivity index (χ1v) is 6.01. The van der Waals surface area contributed by atoms with Crippen molar-refractivity contribution in [3.8, 4) is 0 Å². The Morgan fingerprint density at radius 1 is 1.32 bits per heavy atom. The number of nitrogens with zero attached hydrogens (tertiary/aromatic N) is 3. The van der Waals surface area contributed by atoms with E-state index in [-0.39, 0.29) is 5.56 Å². The predicted octanol–water partition coefficient (Wildman–Crippen LogP) is 1.23. The highest BCUT2D eigenvalue weighted by Crippen LogP contribution is 2.07. The van der Waals surface area contributed by atoms with Gasteiger partial charge in [-0.05, 0) is 12.1 Å². The van der Waals surface area contributed by atoms with E-state index in [1.165, 1.54) is 0 Å². The van der Waals surface area contributed by atoms with Gasteiger partial charge in [-0.25, -0.2) is 9.97 Å². The number of H-pyrrole nitrogens is 1. The molecule has 0 spiro atoms. The molecule has 0 atom stereocenters. The lowest BCUT2D eigenvalue weighted by atomic mass is 10.2. The van der Waals surface area contributed by atoms with Crippen LogP contribution in [-0.2, 0) is 6.54 Å². The predicted molar refractivity (Wildman–Crippen MR) is 73.1 cm³/mol. The highest BCUT2D eigenvalue weighted by atomic mass is 16.1. The van der Waals surface area contributed by atoms with Crippen LogP contribution in [0.5, 0.6) is 0 Å². The van der Waals surface area contributed by atoms with Crippen molar-refractivity contribution in [2.45, 2.75) is 6.54 Å². The molecule has 19 heavy (non-hydrogen) atoms. The maximum absolute atomic E-state index is 11.8. The van der Waals surface area contributed by atoms with E-state index < -0.39 is 0 Å². The van der Waals surface area contributed by atoms with Crippen molar-refractivity contribution in [2.24, 2.45) is 0 Å². The van der Waals surface area contributed by atoms with E-state index in [0.717, 1.165) is 6.54 Å². The molecule has 3 rings (SSSR count). The van der Waals surface area contributed by atoms with Crippen molar-refractivity contribution in [1.82, 2.24) is 19.5 Å². The number of rotatable bonds is 4. The topological polar surface area (TPSA) is 75.6 Å². The van der Waals surface area contributed by atoms with Crippen molar-refractivity contribution in [1.29, 1.82) is 0 Å². The molecule has 0 aliphatic carbocycles. The molecule has 2 N–H and O–H groups in total. The number of hydrogen-bond acceptors (Lipinski definition) is 4. The number of aromatic nitrogens is 4. The summed E-state index contributed by atoms with van der Waals surface area (Å²) in [4.78, 5) is 22.9. The van der Waals surface area contributed by atoms with E-state index in [1.54, 1.807) is 18.6 Å². The van der Waals surface area contributed by atoms with Gasteiger partial charge in [-0.15, -0.1) is 0 Å². The van der Waals surface area contributed by atoms with Crippen LogP contribution in [0.3, 0.4) is 0 Å². The highest BCUT2D eigenvalue weighted by Gasteiger charge is 2.02. The molecule has 0 saturated heterocycles. The molecule has 3 aromatic rings. The summed E-state index contributed by atoms with van der Waals surface area (Å²) in [6.07, 6.45) is 5.37. The molecule has 2 heterocycles. The van der Waals surface area contributed by atoms with Gasteiger partial charge in [0.1, 0.15) is 0 Å². The molecule has 0 bridgehead atoms. The first kappa shape index (κ1) is 11.5. The molecule has 1 aromatic carbocycles. The molecule has 6 nitrogen and oxygen atoms in total. The van der Waals surface area contributed by atoms with E-state index in [0.29, 0.717) is 23.4 Å². The molecule has 96 valence electrons. The number of hydrogen-bond donors (Lipinski definition) is 2. The van der Waals surface area contributed by atoms with Crippen LogP contribution >= 0.6 is 0 Å². The zero-order valence-electron chi connectivity index (χ0n) is 10.2. The molecule has 0 radical (unpaired) electrons. The van der Waals surface area contributed by atoms with Gasteiger partial charge < -0.3 is 9.88 Å². The van der Waals surface area contributed by atoms with Crippen LogP contribution in [0.15, 0.2) is 47.8 Å². The zero-order valence-corrected chi connectivity index (χ0v) is 10.2. The van der Waals surface area contributed by atoms with Crippen molar-refractivity contribution in [3.05, 3.63) is 53.3 Å². The van der Waals surface area contributed by atoms with Gasteiger partial charge in [-0.2, -0.15) is 0 Å². The summed E-state index contributed by atoms with van der Waals surface area (Å²) < 4.78 is 1.95. The van der Waals surface area contributed by atoms with E-state index in [4.69, 9.17) is 0 Å². The standard InChI is InChI=1S/C13H13N5O/c19-12-10-3-1-2-4-11(10)16-13(17-12)15-6-8-18-7-5-14-9-18/h1-5,7,9H,6,8H2,(H2,15,16,17,19). The third-order valence-corrected chi connectivity index (χ3v) is 2.83. The first-order valence-electron chi connectivity index (χ1n) is 6.01. The number of para-hydroxylation sites is 1. The van der Waals surface area contributed by atoms with Gasteiger partial charge in [0, 0.05) is 25.5 Å². The largest absolute Gasteiger partial charge is 0.354 e. The normalized spacial score (nSPS) is 10.7. The van der Waals surface area contributed by atoms with Crippen LogP contribution < -0.4 is 10.9 Å². The van der Waals surface area contributed by atoms with Crippen LogP contribution in [0, 0.1) is 0 Å². The van der Waals surface area contributed by atoms with Crippen LogP contribution in [0.4, 0.5) is 5.95 Å². The van der Waals surface area contributed by atoms with E-state index >= 15 is 0 Å². The number of fused-ring (bicyclic) bond motifs is 1. The van der Waals surface area contributed by atoms with Gasteiger partial charge in [0.2, 0.25) is 5.95 Å². The van der Waals surface area contributed by atoms with Crippen LogP contribution in [0.2, 0.25) is 0 Å². The molecular weight excluding hydrogens is 242 g/mol. The third kappa shape index (κ3) is 2.47. The second-order valence-corrected chi connectivity index (χ2v) is 4.16. The first-order chi connectivity index (χ1) is 9.33. The molecule has 0 amide bonds. The Hall–Kier alpha value is -2.63. The second kappa shape index (κ2) is 4.93. The number of aromatic amines is 1. The Labute approximate surface area is 109 Å². The Morgan fingerprint density at radius 2 is 2.21 bits per heavy atom. The maximum Gasteiger partial charge on any atom is 0.260 e. The molecule has 2 aromatic heterocycles. The van der Waals surface area contributed by atoms with Crippen molar-refractivity contribution in [2.75, 3.05) is 11.9 Å². The Balaban J connectivity index is 1.76. The average Bonchev–Trinajstić information content (AvgIpc) is 2.92. The fourth-order valence-electron chi connectivity index (χ4n) is 1.89. The monoisotopic (exact) mass is 255 g/mol. The smallest absolute Gasteiger partial charge is 0.260 e. The van der Waals surface area contributed by atoms with Crippen LogP contribution in [0.1, 0.15) is 0 Å². The summed E-state index contributed by atoms with van der Waals surface area (Å²) in [6, 6.07) is 7.28. The molecule has 0 aliphatic rings. The van der Waals surface area contributed by atoms with Crippen LogP contribution in [-0.4, -0.2) is 26.1 Å². The Kier molecular flexibility index (Phi) is 2.97. The third-order valence-electron chi connectivity index (χ3n) is 2.83. The fourth-order valence-corrected chi connectivity index (χ4v) is 1.89. The fraction of sp³-hybridized carbons (Fsp3) is 0.154. The summed E-state index contributed by atoms with van der Waals surface area (Å²) >= 11 is 0. The number of anilines is 1. The van der Waals surface area contributed by atoms with Crippen molar-refractivity contribution in [3.63, 3.8) is 0 Å². The molecule has 0 aliphatic heterocycles. The van der Waals surface area contributed by atoms with Gasteiger partial charge in [-0.1, -0.05) is 12.1 Å². The van der Waals surface area contributed by atoms with Gasteiger partial charge in [0.15, 0.2) is 0 Å². The highest BCUT2D eigenvalue weighted by molar-refractivity contribution is 5.78. The lowest BCUT2D eigenvalue weighted by Crippen LogP contribution is -2.16. The summed E-state index contributed by atoms with van der Waals surface area (Å²) in [5.41, 5.74) is 0.562. The lowest BCUT2D eigenvalue weighted by Gasteiger charge is -2.06. The number of nitrogens with one attached hydrogen (secondary N) is 2. The number of benzene rings is 1. The van der Waals surface area contributed by atoms with E-state index in [1.807, 2.05) is 29.0 Å². The maximum atomic E-state index is 11.8. The summed E-state index contributed by atoms with van der Waals surface area (Å²) in [5.74, 6) is 0.490. The van der Waals surface area contributed by atoms with Gasteiger partial charge >= 0.3 is 0 Å². The van der Waals surface area contributed by atoms with Gasteiger partial charge in [0.05, 0.1) is 17.2 Å². The van der Waals surface area contributed by atoms with Crippen molar-refractivity contribution >= 4 is 16.9 Å². The summed E-state index contributed by atoms with van der Waals surface area (Å²) in [6.45, 7) is 1.42. The summed E-state index contributed by atoms with van der Waals surface area (Å²) in [7, 11) is 0. The Bertz CT molecular complexity index is 732. The molecule has 6 heteroatoms. The second-order valence-electron chi connectivity index (χ2n) is 4.16. The average molecular weight is 255 g/mol. The molecule has 0 unspecified atom stereocenters. The molecular formula is C13H13N5O. The van der Waals surface area contributed by atoms with Gasteiger partial charge in [0.25, 0.3) is 5.56 Å². The zero-order chi connectivity index (χ0) is 13.1. The SMILES string of the molecule is O=c1[nH]c(NCCn2ccnc2)nc2ccccc12. The van der Waals surface area contributed by atoms with Gasteiger partial charge in [-0.3, -0.25) is 9.78 Å². The summed E-state index contributed by atoms with van der Waals surface area (Å²) in [5, 5.41) is 3.70. The number of imidazole rings is 1. The minimum Gasteiger partial charge on any atom is -0.354 e. The Morgan fingerprint density at radius 3 is 3.05 bits per heavy atom. The lowest BCUT2D eigenvalue weighted by molar-refractivity contribution is 0.723. The quantitative estimate of drug-likeness (QED) is 0.735. The van der Waals surface area contributed by atoms with E-state index in [9.17, 15) is 4.79 Å².